The number of benzene rings is 1. The second-order valence-corrected chi connectivity index (χ2v) is 4.25. The molecule has 2 aliphatic heterocycles. The van der Waals surface area contributed by atoms with Crippen LogP contribution in [0.4, 0.5) is 4.79 Å². The predicted octanol–water partition coefficient (Wildman–Crippen LogP) is 0.600. The van der Waals surface area contributed by atoms with Crippen molar-refractivity contribution in [2.75, 3.05) is 19.8 Å². The highest BCUT2D eigenvalue weighted by atomic mass is 16.6. The Morgan fingerprint density at radius 3 is 3.17 bits per heavy atom. The highest BCUT2D eigenvalue weighted by molar-refractivity contribution is 5.69. The Morgan fingerprint density at radius 2 is 2.39 bits per heavy atom. The first-order valence-corrected chi connectivity index (χ1v) is 5.74. The number of alkyl carbamates (subject to hydrolysis) is 1. The lowest BCUT2D eigenvalue weighted by molar-refractivity contribution is 0.105. The molecule has 0 bridgehead atoms. The number of hydrogen-bond donors (Lipinski definition) is 2. The van der Waals surface area contributed by atoms with Crippen molar-refractivity contribution in [3.63, 3.8) is 0 Å². The second-order valence-electron chi connectivity index (χ2n) is 4.25. The molecule has 2 N–H and O–H groups in total. The van der Waals surface area contributed by atoms with Crippen LogP contribution in [0, 0.1) is 0 Å². The molecule has 2 aliphatic rings. The van der Waals surface area contributed by atoms with E-state index in [-0.39, 0.29) is 12.7 Å². The topological polar surface area (TPSA) is 77.0 Å². The molecule has 6 nitrogen and oxygen atoms in total. The molecule has 96 valence electrons. The summed E-state index contributed by atoms with van der Waals surface area (Å²) in [5.74, 6) is 1.27. The predicted molar refractivity (Wildman–Crippen MR) is 60.7 cm³/mol. The SMILES string of the molecule is O=C1NCC(COc2ccc3c(c2)OCC3O)O1. The Labute approximate surface area is 103 Å². The quantitative estimate of drug-likeness (QED) is 0.822. The van der Waals surface area contributed by atoms with Gasteiger partial charge in [0.25, 0.3) is 0 Å². The van der Waals surface area contributed by atoms with E-state index in [1.807, 2.05) is 0 Å². The lowest BCUT2D eigenvalue weighted by Crippen LogP contribution is -2.21. The molecule has 18 heavy (non-hydrogen) atoms. The third kappa shape index (κ3) is 2.06. The van der Waals surface area contributed by atoms with E-state index < -0.39 is 12.2 Å². The fourth-order valence-electron chi connectivity index (χ4n) is 1.98. The van der Waals surface area contributed by atoms with Crippen LogP contribution in [0.1, 0.15) is 11.7 Å². The van der Waals surface area contributed by atoms with Gasteiger partial charge >= 0.3 is 6.09 Å². The van der Waals surface area contributed by atoms with Crippen molar-refractivity contribution in [1.82, 2.24) is 5.32 Å². The molecule has 3 rings (SSSR count). The average molecular weight is 251 g/mol. The van der Waals surface area contributed by atoms with Crippen molar-refractivity contribution in [1.29, 1.82) is 0 Å². The number of carbonyl (C=O) groups is 1. The third-order valence-corrected chi connectivity index (χ3v) is 2.92. The summed E-state index contributed by atoms with van der Waals surface area (Å²) in [4.78, 5) is 10.8. The summed E-state index contributed by atoms with van der Waals surface area (Å²) in [5, 5.41) is 12.1. The summed E-state index contributed by atoms with van der Waals surface area (Å²) in [5.41, 5.74) is 0.774. The first kappa shape index (κ1) is 11.2. The maximum atomic E-state index is 10.8. The van der Waals surface area contributed by atoms with Gasteiger partial charge in [0.05, 0.1) is 6.54 Å². The van der Waals surface area contributed by atoms with E-state index in [1.54, 1.807) is 18.2 Å². The number of hydrogen-bond acceptors (Lipinski definition) is 5. The van der Waals surface area contributed by atoms with E-state index in [0.717, 1.165) is 5.56 Å². The van der Waals surface area contributed by atoms with Crippen LogP contribution in [0.3, 0.4) is 0 Å². The number of nitrogens with one attached hydrogen (secondary N) is 1. The summed E-state index contributed by atoms with van der Waals surface area (Å²) in [6.45, 7) is 1.03. The van der Waals surface area contributed by atoms with E-state index in [9.17, 15) is 9.90 Å². The number of rotatable bonds is 3. The molecule has 0 saturated carbocycles. The van der Waals surface area contributed by atoms with Gasteiger partial charge in [-0.25, -0.2) is 4.79 Å². The van der Waals surface area contributed by atoms with Crippen molar-refractivity contribution in [3.05, 3.63) is 23.8 Å². The van der Waals surface area contributed by atoms with Crippen LogP contribution in [-0.2, 0) is 4.74 Å². The first-order valence-electron chi connectivity index (χ1n) is 5.74. The van der Waals surface area contributed by atoms with Crippen LogP contribution in [0.15, 0.2) is 18.2 Å². The Kier molecular flexibility index (Phi) is 2.71. The zero-order chi connectivity index (χ0) is 12.5. The van der Waals surface area contributed by atoms with Crippen LogP contribution >= 0.6 is 0 Å². The number of carbonyl (C=O) groups excluding carboxylic acids is 1. The van der Waals surface area contributed by atoms with E-state index in [4.69, 9.17) is 14.2 Å². The summed E-state index contributed by atoms with van der Waals surface area (Å²) >= 11 is 0. The van der Waals surface area contributed by atoms with Gasteiger partial charge in [-0.3, -0.25) is 0 Å². The minimum Gasteiger partial charge on any atom is -0.490 e. The third-order valence-electron chi connectivity index (χ3n) is 2.92. The number of amides is 1. The smallest absolute Gasteiger partial charge is 0.407 e. The summed E-state index contributed by atoms with van der Waals surface area (Å²) in [6, 6.07) is 5.28. The second kappa shape index (κ2) is 4.38. The maximum Gasteiger partial charge on any atom is 0.407 e. The van der Waals surface area contributed by atoms with Gasteiger partial charge in [0.1, 0.15) is 30.8 Å². The van der Waals surface area contributed by atoms with Gasteiger partial charge in [-0.15, -0.1) is 0 Å². The molecule has 1 amide bonds. The fourth-order valence-corrected chi connectivity index (χ4v) is 1.98. The normalized spacial score (nSPS) is 25.1. The molecule has 2 heterocycles. The fraction of sp³-hybridized carbons (Fsp3) is 0.417. The molecule has 1 saturated heterocycles. The van der Waals surface area contributed by atoms with Gasteiger partial charge in [-0.2, -0.15) is 0 Å². The molecule has 2 atom stereocenters. The summed E-state index contributed by atoms with van der Waals surface area (Å²) < 4.78 is 15.8. The lowest BCUT2D eigenvalue weighted by Gasteiger charge is -2.11. The Hall–Kier alpha value is -1.95. The highest BCUT2D eigenvalue weighted by Crippen LogP contribution is 2.35. The van der Waals surface area contributed by atoms with Crippen molar-refractivity contribution >= 4 is 6.09 Å². The van der Waals surface area contributed by atoms with Gasteiger partial charge in [0, 0.05) is 11.6 Å². The monoisotopic (exact) mass is 251 g/mol. The van der Waals surface area contributed by atoms with Gasteiger partial charge in [-0.05, 0) is 12.1 Å². The average Bonchev–Trinajstić information content (AvgIpc) is 2.94. The molecule has 0 spiro atoms. The molecule has 1 fully saturated rings. The van der Waals surface area contributed by atoms with Gasteiger partial charge in [-0.1, -0.05) is 0 Å². The molecule has 1 aromatic carbocycles. The molecule has 0 radical (unpaired) electrons. The van der Waals surface area contributed by atoms with Crippen LogP contribution in [0.5, 0.6) is 11.5 Å². The van der Waals surface area contributed by atoms with E-state index in [0.29, 0.717) is 24.7 Å². The Morgan fingerprint density at radius 1 is 1.50 bits per heavy atom. The Bertz CT molecular complexity index is 476. The van der Waals surface area contributed by atoms with Gasteiger partial charge in [0.15, 0.2) is 6.10 Å². The van der Waals surface area contributed by atoms with E-state index in [1.165, 1.54) is 0 Å². The number of fused-ring (bicyclic) bond motifs is 1. The number of aliphatic hydroxyl groups excluding tert-OH is 1. The van der Waals surface area contributed by atoms with Gasteiger partial charge < -0.3 is 24.6 Å². The molecule has 2 unspecified atom stereocenters. The van der Waals surface area contributed by atoms with Crippen molar-refractivity contribution < 1.29 is 24.1 Å². The van der Waals surface area contributed by atoms with Crippen LogP contribution in [0.2, 0.25) is 0 Å². The van der Waals surface area contributed by atoms with Crippen molar-refractivity contribution in [2.45, 2.75) is 12.2 Å². The molecule has 1 aromatic rings. The molecule has 6 heteroatoms. The van der Waals surface area contributed by atoms with Crippen LogP contribution < -0.4 is 14.8 Å². The van der Waals surface area contributed by atoms with Crippen LogP contribution in [-0.4, -0.2) is 37.1 Å². The van der Waals surface area contributed by atoms with Crippen molar-refractivity contribution in [2.24, 2.45) is 0 Å². The number of cyclic esters (lactones) is 1. The number of ether oxygens (including phenoxy) is 3. The van der Waals surface area contributed by atoms with E-state index in [2.05, 4.69) is 5.32 Å². The van der Waals surface area contributed by atoms with Gasteiger partial charge in [0.2, 0.25) is 0 Å². The minimum absolute atomic E-state index is 0.266. The zero-order valence-electron chi connectivity index (χ0n) is 9.59. The lowest BCUT2D eigenvalue weighted by atomic mass is 10.1. The standard InChI is InChI=1S/C12H13NO5/c14-10-6-17-11-3-7(1-2-9(10)11)16-5-8-4-13-12(15)18-8/h1-3,8,10,14H,4-6H2,(H,13,15). The summed E-state index contributed by atoms with van der Waals surface area (Å²) in [7, 11) is 0. The molecule has 0 aromatic heterocycles. The van der Waals surface area contributed by atoms with Crippen molar-refractivity contribution in [3.8, 4) is 11.5 Å². The van der Waals surface area contributed by atoms with Crippen LogP contribution in [0.25, 0.3) is 0 Å². The minimum atomic E-state index is -0.561. The van der Waals surface area contributed by atoms with E-state index >= 15 is 0 Å². The Balaban J connectivity index is 1.62. The molecular weight excluding hydrogens is 238 g/mol. The molecule has 0 aliphatic carbocycles. The molecular formula is C12H13NO5. The highest BCUT2D eigenvalue weighted by Gasteiger charge is 2.24. The number of aliphatic hydroxyl groups is 1. The largest absolute Gasteiger partial charge is 0.490 e. The first-order chi connectivity index (χ1) is 8.72. The zero-order valence-corrected chi connectivity index (χ0v) is 9.59. The summed E-state index contributed by atoms with van der Waals surface area (Å²) in [6.07, 6.45) is -1.24. The maximum absolute atomic E-state index is 10.8.